The highest BCUT2D eigenvalue weighted by atomic mass is 16.5. The monoisotopic (exact) mass is 438 g/mol. The second kappa shape index (κ2) is 10.8. The minimum Gasteiger partial charge on any atom is -0.379 e. The van der Waals surface area contributed by atoms with Gasteiger partial charge in [0.25, 0.3) is 0 Å². The zero-order valence-electron chi connectivity index (χ0n) is 19.9. The molecule has 0 saturated carbocycles. The van der Waals surface area contributed by atoms with Gasteiger partial charge in [0.1, 0.15) is 0 Å². The first kappa shape index (κ1) is 23.2. The third-order valence-electron chi connectivity index (χ3n) is 6.81. The minimum atomic E-state index is 0.100. The Morgan fingerprint density at radius 1 is 0.875 bits per heavy atom. The first-order valence-corrected chi connectivity index (χ1v) is 11.9. The number of rotatable bonds is 10. The lowest BCUT2D eigenvalue weighted by Gasteiger charge is -2.36. The number of likely N-dealkylation sites (tertiary alicyclic amines) is 1. The molecule has 2 aromatic carbocycles. The summed E-state index contributed by atoms with van der Waals surface area (Å²) in [5, 5.41) is 0. The largest absolute Gasteiger partial charge is 0.379 e. The highest BCUT2D eigenvalue weighted by Gasteiger charge is 2.39. The van der Waals surface area contributed by atoms with E-state index in [4.69, 9.17) is 14.2 Å². The molecule has 4 atom stereocenters. The van der Waals surface area contributed by atoms with Gasteiger partial charge < -0.3 is 19.1 Å². The summed E-state index contributed by atoms with van der Waals surface area (Å²) in [5.74, 6) is 0.525. The van der Waals surface area contributed by atoms with E-state index in [0.29, 0.717) is 18.6 Å². The predicted octanol–water partition coefficient (Wildman–Crippen LogP) is 4.18. The number of hydrogen-bond donors (Lipinski definition) is 0. The number of ether oxygens (including phenoxy) is 3. The maximum absolute atomic E-state index is 6.20. The molecule has 1 fully saturated rings. The van der Waals surface area contributed by atoms with Crippen LogP contribution in [0.25, 0.3) is 0 Å². The molecular formula is C27H38N2O3. The Balaban J connectivity index is 1.58. The van der Waals surface area contributed by atoms with Crippen molar-refractivity contribution in [3.63, 3.8) is 0 Å². The van der Waals surface area contributed by atoms with E-state index in [-0.39, 0.29) is 18.2 Å². The van der Waals surface area contributed by atoms with E-state index in [0.717, 1.165) is 32.7 Å². The SMILES string of the molecule is COC1CN(C(COCC(C)C)CN2c3ccccc3CC2c2ccccc2)CC1OC. The molecule has 2 heterocycles. The van der Waals surface area contributed by atoms with Crippen LogP contribution in [0.1, 0.15) is 31.0 Å². The van der Waals surface area contributed by atoms with Crippen LogP contribution in [0.5, 0.6) is 0 Å². The second-order valence-electron chi connectivity index (χ2n) is 9.50. The van der Waals surface area contributed by atoms with E-state index in [1.165, 1.54) is 16.8 Å². The van der Waals surface area contributed by atoms with Gasteiger partial charge in [0.15, 0.2) is 0 Å². The number of benzene rings is 2. The number of anilines is 1. The second-order valence-corrected chi connectivity index (χ2v) is 9.50. The third kappa shape index (κ3) is 5.18. The Labute approximate surface area is 193 Å². The van der Waals surface area contributed by atoms with Crippen LogP contribution in [-0.2, 0) is 20.6 Å². The van der Waals surface area contributed by atoms with Gasteiger partial charge in [-0.05, 0) is 29.5 Å². The number of para-hydroxylation sites is 1. The molecule has 32 heavy (non-hydrogen) atoms. The molecule has 0 amide bonds. The third-order valence-corrected chi connectivity index (χ3v) is 6.81. The fourth-order valence-electron chi connectivity index (χ4n) is 5.11. The number of fused-ring (bicyclic) bond motifs is 1. The summed E-state index contributed by atoms with van der Waals surface area (Å²) in [5.41, 5.74) is 4.15. The predicted molar refractivity (Wildman–Crippen MR) is 129 cm³/mol. The van der Waals surface area contributed by atoms with Gasteiger partial charge >= 0.3 is 0 Å². The number of hydrogen-bond acceptors (Lipinski definition) is 5. The lowest BCUT2D eigenvalue weighted by Crippen LogP contribution is -2.47. The molecule has 0 N–H and O–H groups in total. The van der Waals surface area contributed by atoms with E-state index >= 15 is 0 Å². The molecule has 5 heteroatoms. The maximum Gasteiger partial charge on any atom is 0.0971 e. The van der Waals surface area contributed by atoms with Gasteiger partial charge in [-0.2, -0.15) is 0 Å². The Morgan fingerprint density at radius 2 is 1.53 bits per heavy atom. The van der Waals surface area contributed by atoms with Crippen molar-refractivity contribution >= 4 is 5.69 Å². The maximum atomic E-state index is 6.20. The quantitative estimate of drug-likeness (QED) is 0.556. The van der Waals surface area contributed by atoms with Crippen LogP contribution in [0.4, 0.5) is 5.69 Å². The fraction of sp³-hybridized carbons (Fsp3) is 0.556. The van der Waals surface area contributed by atoms with E-state index in [9.17, 15) is 0 Å². The normalized spacial score (nSPS) is 24.3. The van der Waals surface area contributed by atoms with Crippen LogP contribution in [-0.4, -0.2) is 70.2 Å². The van der Waals surface area contributed by atoms with Crippen LogP contribution in [0.2, 0.25) is 0 Å². The van der Waals surface area contributed by atoms with Crippen molar-refractivity contribution in [1.82, 2.24) is 4.90 Å². The van der Waals surface area contributed by atoms with E-state index in [1.807, 2.05) is 0 Å². The molecule has 0 bridgehead atoms. The van der Waals surface area contributed by atoms with Crippen molar-refractivity contribution in [3.8, 4) is 0 Å². The number of methoxy groups -OCH3 is 2. The molecule has 4 unspecified atom stereocenters. The molecule has 0 aliphatic carbocycles. The van der Waals surface area contributed by atoms with Gasteiger partial charge in [-0.3, -0.25) is 4.90 Å². The Kier molecular flexibility index (Phi) is 7.84. The smallest absolute Gasteiger partial charge is 0.0971 e. The van der Waals surface area contributed by atoms with Crippen molar-refractivity contribution < 1.29 is 14.2 Å². The lowest BCUT2D eigenvalue weighted by molar-refractivity contribution is -0.00461. The average Bonchev–Trinajstić information content (AvgIpc) is 3.40. The molecule has 2 aromatic rings. The van der Waals surface area contributed by atoms with E-state index in [1.54, 1.807) is 14.2 Å². The zero-order valence-corrected chi connectivity index (χ0v) is 19.9. The Morgan fingerprint density at radius 3 is 2.19 bits per heavy atom. The lowest BCUT2D eigenvalue weighted by atomic mass is 10.0. The van der Waals surface area contributed by atoms with Crippen molar-refractivity contribution in [1.29, 1.82) is 0 Å². The molecule has 2 aliphatic heterocycles. The Bertz CT molecular complexity index is 832. The first-order valence-electron chi connectivity index (χ1n) is 11.9. The molecule has 0 spiro atoms. The van der Waals surface area contributed by atoms with Crippen LogP contribution < -0.4 is 4.90 Å². The average molecular weight is 439 g/mol. The summed E-state index contributed by atoms with van der Waals surface area (Å²) in [4.78, 5) is 5.10. The molecule has 4 rings (SSSR count). The Hall–Kier alpha value is -1.92. The van der Waals surface area contributed by atoms with Crippen LogP contribution in [0.15, 0.2) is 54.6 Å². The van der Waals surface area contributed by atoms with Crippen molar-refractivity contribution in [2.45, 2.75) is 44.6 Å². The van der Waals surface area contributed by atoms with Crippen LogP contribution in [0, 0.1) is 5.92 Å². The molecule has 174 valence electrons. The molecule has 0 aromatic heterocycles. The number of nitrogens with zero attached hydrogens (tertiary/aromatic N) is 2. The van der Waals surface area contributed by atoms with Gasteiger partial charge in [-0.1, -0.05) is 62.4 Å². The van der Waals surface area contributed by atoms with Crippen LogP contribution in [0.3, 0.4) is 0 Å². The van der Waals surface area contributed by atoms with Crippen molar-refractivity contribution in [2.24, 2.45) is 5.92 Å². The highest BCUT2D eigenvalue weighted by Crippen LogP contribution is 2.40. The molecule has 5 nitrogen and oxygen atoms in total. The zero-order chi connectivity index (χ0) is 22.5. The standard InChI is InChI=1S/C27H38N2O3/c1-20(2)18-32-19-23(28-16-26(30-3)27(17-28)31-4)15-29-24-13-9-8-12-22(24)14-25(29)21-10-6-5-7-11-21/h5-13,20,23,25-27H,14-19H2,1-4H3. The summed E-state index contributed by atoms with van der Waals surface area (Å²) >= 11 is 0. The van der Waals surface area contributed by atoms with Gasteiger partial charge in [-0.15, -0.1) is 0 Å². The summed E-state index contributed by atoms with van der Waals surface area (Å²) < 4.78 is 17.7. The first-order chi connectivity index (χ1) is 15.6. The summed E-state index contributed by atoms with van der Waals surface area (Å²) in [7, 11) is 3.57. The van der Waals surface area contributed by atoms with Crippen molar-refractivity contribution in [3.05, 3.63) is 65.7 Å². The van der Waals surface area contributed by atoms with Gasteiger partial charge in [0.05, 0.1) is 30.9 Å². The molecule has 0 radical (unpaired) electrons. The van der Waals surface area contributed by atoms with Gasteiger partial charge in [0, 0.05) is 46.1 Å². The summed E-state index contributed by atoms with van der Waals surface area (Å²) in [6.45, 7) is 8.56. The van der Waals surface area contributed by atoms with E-state index in [2.05, 4.69) is 78.2 Å². The highest BCUT2D eigenvalue weighted by molar-refractivity contribution is 5.61. The fourth-order valence-corrected chi connectivity index (χ4v) is 5.11. The van der Waals surface area contributed by atoms with Gasteiger partial charge in [0.2, 0.25) is 0 Å². The molecule has 2 aliphatic rings. The van der Waals surface area contributed by atoms with Gasteiger partial charge in [-0.25, -0.2) is 0 Å². The topological polar surface area (TPSA) is 34.2 Å². The van der Waals surface area contributed by atoms with E-state index < -0.39 is 0 Å². The summed E-state index contributed by atoms with van der Waals surface area (Å²) in [6, 6.07) is 20.4. The minimum absolute atomic E-state index is 0.100. The molecular weight excluding hydrogens is 400 g/mol. The summed E-state index contributed by atoms with van der Waals surface area (Å²) in [6.07, 6.45) is 1.24. The van der Waals surface area contributed by atoms with Crippen molar-refractivity contribution in [2.75, 3.05) is 52.0 Å². The molecule has 1 saturated heterocycles. The van der Waals surface area contributed by atoms with Crippen LogP contribution >= 0.6 is 0 Å².